The van der Waals surface area contributed by atoms with Crippen molar-refractivity contribution in [3.8, 4) is 5.75 Å². The molecule has 1 heterocycles. The van der Waals surface area contributed by atoms with E-state index >= 15 is 0 Å². The molecule has 0 fully saturated rings. The van der Waals surface area contributed by atoms with Gasteiger partial charge in [0.05, 0.1) is 23.9 Å². The molecule has 0 aliphatic heterocycles. The number of hydrogen-bond donors (Lipinski definition) is 2. The molecule has 0 saturated heterocycles. The number of carbonyl (C=O) groups excluding carboxylic acids is 1. The Morgan fingerprint density at radius 1 is 1.32 bits per heavy atom. The molecular formula is C16H17NO4S. The Bertz CT molecular complexity index is 669. The van der Waals surface area contributed by atoms with Crippen LogP contribution < -0.4 is 10.1 Å². The maximum Gasteiger partial charge on any atom is 0.306 e. The first kappa shape index (κ1) is 16.0. The number of benzene rings is 1. The minimum Gasteiger partial charge on any atom is -0.497 e. The summed E-state index contributed by atoms with van der Waals surface area (Å²) < 4.78 is 5.17. The summed E-state index contributed by atoms with van der Waals surface area (Å²) in [5.74, 6) is -0.669. The molecule has 5 nitrogen and oxygen atoms in total. The van der Waals surface area contributed by atoms with Gasteiger partial charge >= 0.3 is 5.97 Å². The summed E-state index contributed by atoms with van der Waals surface area (Å²) in [6, 6.07) is 10.5. The third kappa shape index (κ3) is 3.65. The van der Waals surface area contributed by atoms with Crippen molar-refractivity contribution in [2.24, 2.45) is 0 Å². The number of rotatable bonds is 6. The second-order valence-corrected chi connectivity index (χ2v) is 6.01. The number of methoxy groups -OCH3 is 1. The standard InChI is InChI=1S/C16H17NO4S/c1-16(10-14(18)19,11-5-3-6-12(9-11)21-2)17-15(20)13-7-4-8-22-13/h3-9H,10H2,1-2H3,(H,17,20)(H,18,19). The van der Waals surface area contributed by atoms with Gasteiger partial charge in [0.15, 0.2) is 0 Å². The fourth-order valence-electron chi connectivity index (χ4n) is 2.21. The first-order valence-electron chi connectivity index (χ1n) is 6.67. The monoisotopic (exact) mass is 319 g/mol. The van der Waals surface area contributed by atoms with Gasteiger partial charge in [-0.15, -0.1) is 11.3 Å². The summed E-state index contributed by atoms with van der Waals surface area (Å²) in [5, 5.41) is 13.8. The number of nitrogens with one attached hydrogen (secondary N) is 1. The van der Waals surface area contributed by atoms with Crippen molar-refractivity contribution in [2.45, 2.75) is 18.9 Å². The van der Waals surface area contributed by atoms with Crippen molar-refractivity contribution < 1.29 is 19.4 Å². The Balaban J connectivity index is 2.34. The molecule has 0 radical (unpaired) electrons. The summed E-state index contributed by atoms with van der Waals surface area (Å²) in [6.45, 7) is 1.70. The van der Waals surface area contributed by atoms with E-state index in [9.17, 15) is 14.7 Å². The van der Waals surface area contributed by atoms with Gasteiger partial charge in [0.1, 0.15) is 5.75 Å². The number of carbonyl (C=O) groups is 2. The minimum atomic E-state index is -1.03. The quantitative estimate of drug-likeness (QED) is 0.858. The first-order chi connectivity index (χ1) is 10.4. The van der Waals surface area contributed by atoms with Gasteiger partial charge in [-0.25, -0.2) is 0 Å². The average Bonchev–Trinajstić information content (AvgIpc) is 3.00. The smallest absolute Gasteiger partial charge is 0.306 e. The number of carboxylic acids is 1. The van der Waals surface area contributed by atoms with E-state index in [0.29, 0.717) is 16.2 Å². The second kappa shape index (κ2) is 6.62. The molecule has 1 unspecified atom stereocenters. The molecule has 6 heteroatoms. The van der Waals surface area contributed by atoms with E-state index in [-0.39, 0.29) is 12.3 Å². The highest BCUT2D eigenvalue weighted by Crippen LogP contribution is 2.28. The van der Waals surface area contributed by atoms with Crippen LogP contribution in [0, 0.1) is 0 Å². The molecule has 1 amide bonds. The van der Waals surface area contributed by atoms with E-state index in [1.54, 1.807) is 48.7 Å². The van der Waals surface area contributed by atoms with E-state index in [1.165, 1.54) is 18.4 Å². The van der Waals surface area contributed by atoms with Gasteiger partial charge in [0.2, 0.25) is 0 Å². The highest BCUT2D eigenvalue weighted by atomic mass is 32.1. The van der Waals surface area contributed by atoms with Crippen molar-refractivity contribution in [1.29, 1.82) is 0 Å². The predicted octanol–water partition coefficient (Wildman–Crippen LogP) is 2.88. The zero-order valence-electron chi connectivity index (χ0n) is 12.3. The Hall–Kier alpha value is -2.34. The van der Waals surface area contributed by atoms with Crippen LogP contribution in [0.4, 0.5) is 0 Å². The third-order valence-corrected chi connectivity index (χ3v) is 4.21. The lowest BCUT2D eigenvalue weighted by atomic mass is 9.88. The molecule has 0 spiro atoms. The van der Waals surface area contributed by atoms with Crippen molar-refractivity contribution in [1.82, 2.24) is 5.32 Å². The van der Waals surface area contributed by atoms with E-state index in [2.05, 4.69) is 5.32 Å². The first-order valence-corrected chi connectivity index (χ1v) is 7.55. The Morgan fingerprint density at radius 3 is 2.68 bits per heavy atom. The average molecular weight is 319 g/mol. The van der Waals surface area contributed by atoms with E-state index in [0.717, 1.165) is 0 Å². The molecule has 2 aromatic rings. The van der Waals surface area contributed by atoms with Crippen LogP contribution in [0.3, 0.4) is 0 Å². The Labute approximate surface area is 132 Å². The minimum absolute atomic E-state index is 0.225. The van der Waals surface area contributed by atoms with Crippen molar-refractivity contribution >= 4 is 23.2 Å². The number of amides is 1. The maximum atomic E-state index is 12.3. The van der Waals surface area contributed by atoms with Gasteiger partial charge in [-0.1, -0.05) is 18.2 Å². The SMILES string of the molecule is COc1cccc(C(C)(CC(=O)O)NC(=O)c2cccs2)c1. The highest BCUT2D eigenvalue weighted by Gasteiger charge is 2.32. The Kier molecular flexibility index (Phi) is 4.82. The third-order valence-electron chi connectivity index (χ3n) is 3.35. The topological polar surface area (TPSA) is 75.6 Å². The molecule has 0 saturated carbocycles. The number of thiophene rings is 1. The lowest BCUT2D eigenvalue weighted by Gasteiger charge is -2.30. The van der Waals surface area contributed by atoms with Crippen molar-refractivity contribution in [2.75, 3.05) is 7.11 Å². The summed E-state index contributed by atoms with van der Waals surface area (Å²) >= 11 is 1.31. The van der Waals surface area contributed by atoms with E-state index in [4.69, 9.17) is 4.74 Å². The summed E-state index contributed by atoms with van der Waals surface area (Å²) in [6.07, 6.45) is -0.225. The fourth-order valence-corrected chi connectivity index (χ4v) is 2.83. The molecule has 2 N–H and O–H groups in total. The summed E-state index contributed by atoms with van der Waals surface area (Å²) in [4.78, 5) is 24.1. The van der Waals surface area contributed by atoms with Crippen LogP contribution in [0.5, 0.6) is 5.75 Å². The Morgan fingerprint density at radius 2 is 2.09 bits per heavy atom. The van der Waals surface area contributed by atoms with Gasteiger partial charge in [-0.3, -0.25) is 9.59 Å². The highest BCUT2D eigenvalue weighted by molar-refractivity contribution is 7.12. The molecule has 2 rings (SSSR count). The molecule has 22 heavy (non-hydrogen) atoms. The van der Waals surface area contributed by atoms with Crippen LogP contribution in [0.15, 0.2) is 41.8 Å². The van der Waals surface area contributed by atoms with Crippen molar-refractivity contribution in [3.05, 3.63) is 52.2 Å². The van der Waals surface area contributed by atoms with E-state index in [1.807, 2.05) is 0 Å². The van der Waals surface area contributed by atoms with E-state index < -0.39 is 11.5 Å². The normalized spacial score (nSPS) is 13.2. The predicted molar refractivity (Wildman–Crippen MR) is 84.4 cm³/mol. The zero-order chi connectivity index (χ0) is 16.2. The molecule has 0 aliphatic rings. The maximum absolute atomic E-state index is 12.3. The molecule has 116 valence electrons. The number of ether oxygens (including phenoxy) is 1. The molecule has 1 aromatic carbocycles. The van der Waals surface area contributed by atoms with Gasteiger partial charge in [0, 0.05) is 0 Å². The molecule has 1 atom stereocenters. The van der Waals surface area contributed by atoms with Crippen molar-refractivity contribution in [3.63, 3.8) is 0 Å². The van der Waals surface area contributed by atoms with Crippen LogP contribution in [0.1, 0.15) is 28.6 Å². The van der Waals surface area contributed by atoms with Gasteiger partial charge in [0.25, 0.3) is 5.91 Å². The van der Waals surface area contributed by atoms with Crippen LogP contribution in [-0.4, -0.2) is 24.1 Å². The number of aliphatic carboxylic acids is 1. The molecular weight excluding hydrogens is 302 g/mol. The number of carboxylic acid groups (broad SMARTS) is 1. The molecule has 0 bridgehead atoms. The largest absolute Gasteiger partial charge is 0.497 e. The van der Waals surface area contributed by atoms with Gasteiger partial charge < -0.3 is 15.2 Å². The van der Waals surface area contributed by atoms with Gasteiger partial charge in [-0.05, 0) is 36.1 Å². The van der Waals surface area contributed by atoms with Crippen LogP contribution in [-0.2, 0) is 10.3 Å². The number of hydrogen-bond acceptors (Lipinski definition) is 4. The fraction of sp³-hybridized carbons (Fsp3) is 0.250. The van der Waals surface area contributed by atoms with Gasteiger partial charge in [-0.2, -0.15) is 0 Å². The second-order valence-electron chi connectivity index (χ2n) is 5.07. The van der Waals surface area contributed by atoms with Crippen LogP contribution >= 0.6 is 11.3 Å². The van der Waals surface area contributed by atoms with Crippen LogP contribution in [0.25, 0.3) is 0 Å². The summed E-state index contributed by atoms with van der Waals surface area (Å²) in [7, 11) is 1.54. The lowest BCUT2D eigenvalue weighted by molar-refractivity contribution is -0.138. The lowest BCUT2D eigenvalue weighted by Crippen LogP contribution is -2.44. The van der Waals surface area contributed by atoms with Crippen LogP contribution in [0.2, 0.25) is 0 Å². The molecule has 0 aliphatic carbocycles. The molecule has 1 aromatic heterocycles. The zero-order valence-corrected chi connectivity index (χ0v) is 13.1. The summed E-state index contributed by atoms with van der Waals surface area (Å²) in [5.41, 5.74) is -0.347.